The summed E-state index contributed by atoms with van der Waals surface area (Å²) in [6, 6.07) is 0. The number of halogens is 1. The average molecular weight is 240 g/mol. The highest BCUT2D eigenvalue weighted by Crippen LogP contribution is 2.30. The van der Waals surface area contributed by atoms with Crippen LogP contribution in [0.4, 0.5) is 0 Å². The Morgan fingerprint density at radius 1 is 1.31 bits per heavy atom. The Kier molecular flexibility index (Phi) is 2.69. The van der Waals surface area contributed by atoms with E-state index in [1.807, 2.05) is 0 Å². The highest BCUT2D eigenvalue weighted by molar-refractivity contribution is 6.29. The molecule has 1 atom stereocenters. The molecule has 3 aliphatic rings. The number of piperidine rings is 3. The van der Waals surface area contributed by atoms with Crippen molar-refractivity contribution in [2.24, 2.45) is 5.92 Å². The van der Waals surface area contributed by atoms with Crippen LogP contribution in [0, 0.1) is 5.92 Å². The van der Waals surface area contributed by atoms with Gasteiger partial charge in [-0.25, -0.2) is 0 Å². The molecule has 0 aromatic carbocycles. The molecule has 0 saturated carbocycles. The lowest BCUT2D eigenvalue weighted by atomic mass is 9.86. The number of fused-ring (bicyclic) bond motifs is 3. The predicted octanol–water partition coefficient (Wildman–Crippen LogP) is 1.60. The maximum absolute atomic E-state index is 5.87. The van der Waals surface area contributed by atoms with E-state index in [9.17, 15) is 0 Å². The van der Waals surface area contributed by atoms with Crippen molar-refractivity contribution in [3.05, 3.63) is 17.5 Å². The third kappa shape index (κ3) is 1.99. The maximum Gasteiger partial charge on any atom is 0.234 e. The van der Waals surface area contributed by atoms with Crippen molar-refractivity contribution in [2.75, 3.05) is 19.6 Å². The molecule has 2 bridgehead atoms. The summed E-state index contributed by atoms with van der Waals surface area (Å²) in [6.07, 6.45) is 5.88. The van der Waals surface area contributed by atoms with E-state index in [1.54, 1.807) is 6.20 Å². The molecule has 3 aliphatic heterocycles. The summed E-state index contributed by atoms with van der Waals surface area (Å²) >= 11 is 5.78. The second-order valence-corrected chi connectivity index (χ2v) is 4.86. The molecule has 4 heterocycles. The Balaban J connectivity index is 1.71. The molecule has 1 aromatic rings. The topological polar surface area (TPSA) is 38.2 Å². The molecule has 0 amide bonds. The van der Waals surface area contributed by atoms with Gasteiger partial charge >= 0.3 is 0 Å². The van der Waals surface area contributed by atoms with E-state index in [1.165, 1.54) is 32.1 Å². The van der Waals surface area contributed by atoms with Crippen LogP contribution in [0.15, 0.2) is 12.4 Å². The van der Waals surface area contributed by atoms with Crippen molar-refractivity contribution in [2.45, 2.75) is 18.9 Å². The van der Waals surface area contributed by atoms with Crippen LogP contribution in [0.1, 0.15) is 12.8 Å². The number of hydrogen-bond acceptors (Lipinski definition) is 4. The maximum atomic E-state index is 5.87. The second kappa shape index (κ2) is 4.18. The minimum Gasteiger partial charge on any atom is -0.472 e. The largest absolute Gasteiger partial charge is 0.472 e. The van der Waals surface area contributed by atoms with Crippen LogP contribution < -0.4 is 4.74 Å². The molecule has 0 unspecified atom stereocenters. The summed E-state index contributed by atoms with van der Waals surface area (Å²) in [5.41, 5.74) is 0. The van der Waals surface area contributed by atoms with Crippen LogP contribution in [0.5, 0.6) is 5.88 Å². The molecule has 5 heteroatoms. The van der Waals surface area contributed by atoms with Gasteiger partial charge in [-0.1, -0.05) is 11.6 Å². The van der Waals surface area contributed by atoms with Gasteiger partial charge < -0.3 is 4.74 Å². The first-order valence-corrected chi connectivity index (χ1v) is 6.05. The predicted molar refractivity (Wildman–Crippen MR) is 60.6 cm³/mol. The van der Waals surface area contributed by atoms with E-state index < -0.39 is 0 Å². The number of hydrogen-bond donors (Lipinski definition) is 0. The molecule has 0 radical (unpaired) electrons. The molecule has 0 aliphatic carbocycles. The Morgan fingerprint density at radius 2 is 2.12 bits per heavy atom. The Labute approximate surface area is 99.6 Å². The lowest BCUT2D eigenvalue weighted by molar-refractivity contribution is -0.0101. The summed E-state index contributed by atoms with van der Waals surface area (Å²) in [5, 5.41) is 0.388. The zero-order valence-corrected chi connectivity index (χ0v) is 9.73. The summed E-state index contributed by atoms with van der Waals surface area (Å²) in [7, 11) is 0. The summed E-state index contributed by atoms with van der Waals surface area (Å²) in [4.78, 5) is 10.5. The van der Waals surface area contributed by atoms with Crippen molar-refractivity contribution < 1.29 is 4.74 Å². The van der Waals surface area contributed by atoms with Gasteiger partial charge in [-0.2, -0.15) is 4.98 Å². The van der Waals surface area contributed by atoms with Gasteiger partial charge in [0.1, 0.15) is 6.10 Å². The van der Waals surface area contributed by atoms with Gasteiger partial charge in [0, 0.05) is 6.54 Å². The second-order valence-electron chi connectivity index (χ2n) is 4.47. The van der Waals surface area contributed by atoms with Gasteiger partial charge in [-0.05, 0) is 31.8 Å². The fraction of sp³-hybridized carbons (Fsp3) is 0.636. The summed E-state index contributed by atoms with van der Waals surface area (Å²) in [6.45, 7) is 3.44. The number of aromatic nitrogens is 2. The van der Waals surface area contributed by atoms with E-state index in [0.29, 0.717) is 17.0 Å². The van der Waals surface area contributed by atoms with E-state index >= 15 is 0 Å². The third-order valence-corrected chi connectivity index (χ3v) is 3.63. The number of ether oxygens (including phenoxy) is 1. The zero-order chi connectivity index (χ0) is 11.0. The lowest BCUT2D eigenvalue weighted by Crippen LogP contribution is -2.52. The zero-order valence-electron chi connectivity index (χ0n) is 8.97. The lowest BCUT2D eigenvalue weighted by Gasteiger charge is -2.44. The van der Waals surface area contributed by atoms with Gasteiger partial charge in [-0.3, -0.25) is 9.88 Å². The third-order valence-electron chi connectivity index (χ3n) is 3.45. The Morgan fingerprint density at radius 3 is 2.75 bits per heavy atom. The summed E-state index contributed by atoms with van der Waals surface area (Å²) < 4.78 is 5.87. The molecular formula is C11H14ClN3O. The summed E-state index contributed by atoms with van der Waals surface area (Å²) in [5.74, 6) is 1.22. The molecule has 4 rings (SSSR count). The molecule has 0 spiro atoms. The van der Waals surface area contributed by atoms with Crippen LogP contribution in [-0.4, -0.2) is 40.6 Å². The highest BCUT2D eigenvalue weighted by atomic mass is 35.5. The smallest absolute Gasteiger partial charge is 0.234 e. The molecular weight excluding hydrogens is 226 g/mol. The Hall–Kier alpha value is -0.870. The normalized spacial score (nSPS) is 32.7. The van der Waals surface area contributed by atoms with Crippen molar-refractivity contribution in [3.63, 3.8) is 0 Å². The van der Waals surface area contributed by atoms with Gasteiger partial charge in [0.05, 0.1) is 12.4 Å². The van der Waals surface area contributed by atoms with E-state index in [4.69, 9.17) is 16.3 Å². The average Bonchev–Trinajstić information content (AvgIpc) is 2.30. The van der Waals surface area contributed by atoms with Crippen LogP contribution in [0.2, 0.25) is 5.15 Å². The van der Waals surface area contributed by atoms with E-state index in [2.05, 4.69) is 14.9 Å². The SMILES string of the molecule is Clc1cncc(O[C@H]2CN3CCC2CC3)n1. The first-order valence-electron chi connectivity index (χ1n) is 5.68. The van der Waals surface area contributed by atoms with E-state index in [-0.39, 0.29) is 6.10 Å². The quantitative estimate of drug-likeness (QED) is 0.786. The highest BCUT2D eigenvalue weighted by Gasteiger charge is 2.35. The van der Waals surface area contributed by atoms with Gasteiger partial charge in [0.25, 0.3) is 0 Å². The number of rotatable bonds is 2. The molecule has 1 aromatic heterocycles. The van der Waals surface area contributed by atoms with Gasteiger partial charge in [-0.15, -0.1) is 0 Å². The minimum absolute atomic E-state index is 0.260. The van der Waals surface area contributed by atoms with Gasteiger partial charge in [0.2, 0.25) is 5.88 Å². The molecule has 0 N–H and O–H groups in total. The van der Waals surface area contributed by atoms with Crippen LogP contribution in [0.25, 0.3) is 0 Å². The van der Waals surface area contributed by atoms with Crippen molar-refractivity contribution in [3.8, 4) is 5.88 Å². The standard InChI is InChI=1S/C11H14ClN3O/c12-10-5-13-6-11(14-10)16-9-7-15-3-1-8(9)2-4-15/h5-6,8-9H,1-4,7H2/t9-/m0/s1. The molecule has 86 valence electrons. The minimum atomic E-state index is 0.260. The Bertz CT molecular complexity index is 379. The van der Waals surface area contributed by atoms with Gasteiger partial charge in [0.15, 0.2) is 5.15 Å². The molecule has 3 fully saturated rings. The molecule has 3 saturated heterocycles. The van der Waals surface area contributed by atoms with Crippen molar-refractivity contribution in [1.82, 2.24) is 14.9 Å². The number of nitrogens with zero attached hydrogens (tertiary/aromatic N) is 3. The van der Waals surface area contributed by atoms with Crippen molar-refractivity contribution in [1.29, 1.82) is 0 Å². The first-order chi connectivity index (χ1) is 7.81. The van der Waals surface area contributed by atoms with Crippen LogP contribution in [0.3, 0.4) is 0 Å². The fourth-order valence-electron chi connectivity index (χ4n) is 2.58. The van der Waals surface area contributed by atoms with E-state index in [0.717, 1.165) is 6.54 Å². The molecule has 16 heavy (non-hydrogen) atoms. The molecule has 4 nitrogen and oxygen atoms in total. The van der Waals surface area contributed by atoms with Crippen LogP contribution in [-0.2, 0) is 0 Å². The fourth-order valence-corrected chi connectivity index (χ4v) is 2.72. The first kappa shape index (κ1) is 10.3. The van der Waals surface area contributed by atoms with Crippen LogP contribution >= 0.6 is 11.6 Å². The van der Waals surface area contributed by atoms with Crippen molar-refractivity contribution >= 4 is 11.6 Å². The monoisotopic (exact) mass is 239 g/mol.